The molecule has 0 aliphatic carbocycles. The summed E-state index contributed by atoms with van der Waals surface area (Å²) in [6.07, 6.45) is 0. The fraction of sp³-hybridized carbons (Fsp3) is 0.250. The molecule has 0 aliphatic heterocycles. The minimum atomic E-state index is 0.459. The molecule has 22 heavy (non-hydrogen) atoms. The largest absolute Gasteiger partial charge is 0.378 e. The SMILES string of the molecule is COCc1cc2nc(-c3ccccc3)cc(NCCN)n2n1. The van der Waals surface area contributed by atoms with E-state index in [9.17, 15) is 0 Å². The maximum Gasteiger partial charge on any atom is 0.158 e. The van der Waals surface area contributed by atoms with Crippen LogP contribution in [-0.4, -0.2) is 34.8 Å². The van der Waals surface area contributed by atoms with Crippen LogP contribution in [0.1, 0.15) is 5.69 Å². The molecule has 2 heterocycles. The van der Waals surface area contributed by atoms with Crippen molar-refractivity contribution in [3.05, 3.63) is 48.2 Å². The van der Waals surface area contributed by atoms with Crippen LogP contribution in [0, 0.1) is 0 Å². The number of hydrogen-bond donors (Lipinski definition) is 2. The van der Waals surface area contributed by atoms with E-state index < -0.39 is 0 Å². The van der Waals surface area contributed by atoms with Gasteiger partial charge in [0.2, 0.25) is 0 Å². The van der Waals surface area contributed by atoms with Crippen molar-refractivity contribution in [2.45, 2.75) is 6.61 Å². The van der Waals surface area contributed by atoms with Crippen LogP contribution in [-0.2, 0) is 11.3 Å². The van der Waals surface area contributed by atoms with E-state index in [0.717, 1.165) is 28.4 Å². The standard InChI is InChI=1S/C16H19N5O/c1-22-11-13-9-16-19-14(12-5-3-2-4-6-12)10-15(18-8-7-17)21(16)20-13/h2-6,9-10,18H,7-8,11,17H2,1H3. The summed E-state index contributed by atoms with van der Waals surface area (Å²) in [4.78, 5) is 4.69. The third-order valence-corrected chi connectivity index (χ3v) is 3.29. The maximum atomic E-state index is 5.59. The molecule has 0 saturated heterocycles. The number of nitrogens with one attached hydrogen (secondary N) is 1. The van der Waals surface area contributed by atoms with Crippen molar-refractivity contribution < 1.29 is 4.74 Å². The average molecular weight is 297 g/mol. The number of methoxy groups -OCH3 is 1. The summed E-state index contributed by atoms with van der Waals surface area (Å²) in [6, 6.07) is 14.0. The Labute approximate surface area is 128 Å². The number of fused-ring (bicyclic) bond motifs is 1. The van der Waals surface area contributed by atoms with Gasteiger partial charge in [0.25, 0.3) is 0 Å². The minimum absolute atomic E-state index is 0.459. The number of hydrogen-bond acceptors (Lipinski definition) is 5. The molecule has 0 aliphatic rings. The van der Waals surface area contributed by atoms with Crippen molar-refractivity contribution in [1.82, 2.24) is 14.6 Å². The van der Waals surface area contributed by atoms with Gasteiger partial charge in [-0.25, -0.2) is 4.98 Å². The number of nitrogens with two attached hydrogens (primary N) is 1. The van der Waals surface area contributed by atoms with E-state index in [1.54, 1.807) is 11.6 Å². The topological polar surface area (TPSA) is 77.5 Å². The van der Waals surface area contributed by atoms with Crippen LogP contribution < -0.4 is 11.1 Å². The highest BCUT2D eigenvalue weighted by Crippen LogP contribution is 2.22. The molecule has 0 unspecified atom stereocenters. The molecule has 0 radical (unpaired) electrons. The Morgan fingerprint density at radius 2 is 2.05 bits per heavy atom. The van der Waals surface area contributed by atoms with Crippen molar-refractivity contribution >= 4 is 11.5 Å². The molecule has 0 saturated carbocycles. The summed E-state index contributed by atoms with van der Waals surface area (Å²) in [5.74, 6) is 0.872. The normalized spacial score (nSPS) is 11.0. The molecule has 3 N–H and O–H groups in total. The van der Waals surface area contributed by atoms with Gasteiger partial charge in [-0.15, -0.1) is 0 Å². The van der Waals surface area contributed by atoms with E-state index in [1.807, 2.05) is 42.5 Å². The zero-order valence-electron chi connectivity index (χ0n) is 12.5. The van der Waals surface area contributed by atoms with Gasteiger partial charge in [-0.1, -0.05) is 30.3 Å². The van der Waals surface area contributed by atoms with Crippen LogP contribution in [0.2, 0.25) is 0 Å². The lowest BCUT2D eigenvalue weighted by Gasteiger charge is -2.09. The van der Waals surface area contributed by atoms with Crippen LogP contribution in [0.25, 0.3) is 16.9 Å². The van der Waals surface area contributed by atoms with E-state index in [2.05, 4.69) is 10.4 Å². The van der Waals surface area contributed by atoms with Gasteiger partial charge in [0.05, 0.1) is 18.0 Å². The van der Waals surface area contributed by atoms with Gasteiger partial charge >= 0.3 is 0 Å². The van der Waals surface area contributed by atoms with Crippen molar-refractivity contribution in [2.24, 2.45) is 5.73 Å². The van der Waals surface area contributed by atoms with E-state index >= 15 is 0 Å². The van der Waals surface area contributed by atoms with Crippen LogP contribution in [0.15, 0.2) is 42.5 Å². The average Bonchev–Trinajstić information content (AvgIpc) is 2.96. The highest BCUT2D eigenvalue weighted by Gasteiger charge is 2.10. The lowest BCUT2D eigenvalue weighted by Crippen LogP contribution is -2.15. The first-order valence-electron chi connectivity index (χ1n) is 7.20. The molecule has 0 bridgehead atoms. The van der Waals surface area contributed by atoms with Crippen LogP contribution in [0.3, 0.4) is 0 Å². The van der Waals surface area contributed by atoms with Crippen molar-refractivity contribution in [3.63, 3.8) is 0 Å². The first-order chi connectivity index (χ1) is 10.8. The van der Waals surface area contributed by atoms with Crippen LogP contribution in [0.5, 0.6) is 0 Å². The van der Waals surface area contributed by atoms with Gasteiger partial charge in [0.1, 0.15) is 5.82 Å². The predicted octanol–water partition coefficient (Wildman–Crippen LogP) is 1.91. The Bertz CT molecular complexity index is 754. The summed E-state index contributed by atoms with van der Waals surface area (Å²) in [5, 5.41) is 7.81. The Kier molecular flexibility index (Phi) is 4.32. The number of aromatic nitrogens is 3. The number of benzene rings is 1. The quantitative estimate of drug-likeness (QED) is 0.727. The third-order valence-electron chi connectivity index (χ3n) is 3.29. The van der Waals surface area contributed by atoms with Crippen molar-refractivity contribution in [2.75, 3.05) is 25.5 Å². The summed E-state index contributed by atoms with van der Waals surface area (Å²) in [6.45, 7) is 1.68. The molecule has 0 fully saturated rings. The molecule has 2 aromatic heterocycles. The second kappa shape index (κ2) is 6.55. The molecule has 0 spiro atoms. The second-order valence-electron chi connectivity index (χ2n) is 4.95. The second-order valence-corrected chi connectivity index (χ2v) is 4.95. The van der Waals surface area contributed by atoms with Crippen molar-refractivity contribution in [3.8, 4) is 11.3 Å². The Morgan fingerprint density at radius 1 is 1.23 bits per heavy atom. The number of nitrogens with zero attached hydrogens (tertiary/aromatic N) is 3. The summed E-state index contributed by atoms with van der Waals surface area (Å²) >= 11 is 0. The maximum absolute atomic E-state index is 5.59. The molecule has 6 nitrogen and oxygen atoms in total. The van der Waals surface area contributed by atoms with Crippen molar-refractivity contribution in [1.29, 1.82) is 0 Å². The third kappa shape index (κ3) is 2.93. The smallest absolute Gasteiger partial charge is 0.158 e. The number of anilines is 1. The molecule has 0 amide bonds. The Balaban J connectivity index is 2.10. The van der Waals surface area contributed by atoms with Crippen LogP contribution in [0.4, 0.5) is 5.82 Å². The number of rotatable bonds is 6. The zero-order chi connectivity index (χ0) is 15.4. The van der Waals surface area contributed by atoms with Gasteiger partial charge in [0, 0.05) is 37.9 Å². The lowest BCUT2D eigenvalue weighted by molar-refractivity contribution is 0.181. The van der Waals surface area contributed by atoms with Crippen LogP contribution >= 0.6 is 0 Å². The Hall–Kier alpha value is -2.44. The monoisotopic (exact) mass is 297 g/mol. The predicted molar refractivity (Wildman–Crippen MR) is 86.7 cm³/mol. The molecule has 114 valence electrons. The Morgan fingerprint density at radius 3 is 2.77 bits per heavy atom. The summed E-state index contributed by atoms with van der Waals surface area (Å²) < 4.78 is 6.94. The zero-order valence-corrected chi connectivity index (χ0v) is 12.5. The van der Waals surface area contributed by atoms with E-state index in [-0.39, 0.29) is 0 Å². The molecular weight excluding hydrogens is 278 g/mol. The van der Waals surface area contributed by atoms with Gasteiger partial charge in [-0.2, -0.15) is 9.61 Å². The molecule has 1 aromatic carbocycles. The minimum Gasteiger partial charge on any atom is -0.378 e. The van der Waals surface area contributed by atoms with Gasteiger partial charge < -0.3 is 15.8 Å². The highest BCUT2D eigenvalue weighted by atomic mass is 16.5. The molecular formula is C16H19N5O. The molecule has 3 aromatic rings. The lowest BCUT2D eigenvalue weighted by atomic mass is 10.1. The van der Waals surface area contributed by atoms with E-state index in [0.29, 0.717) is 19.7 Å². The first-order valence-corrected chi connectivity index (χ1v) is 7.20. The van der Waals surface area contributed by atoms with Gasteiger partial charge in [-0.3, -0.25) is 0 Å². The molecule has 3 rings (SSSR count). The van der Waals surface area contributed by atoms with E-state index in [1.165, 1.54) is 0 Å². The summed E-state index contributed by atoms with van der Waals surface area (Å²) in [7, 11) is 1.65. The fourth-order valence-corrected chi connectivity index (χ4v) is 2.32. The van der Waals surface area contributed by atoms with Gasteiger partial charge in [-0.05, 0) is 0 Å². The molecule has 6 heteroatoms. The molecule has 0 atom stereocenters. The number of ether oxygens (including phenoxy) is 1. The van der Waals surface area contributed by atoms with Gasteiger partial charge in [0.15, 0.2) is 5.65 Å². The van der Waals surface area contributed by atoms with E-state index in [4.69, 9.17) is 15.5 Å². The first kappa shape index (κ1) is 14.5. The summed E-state index contributed by atoms with van der Waals surface area (Å²) in [5.41, 5.74) is 9.19. The fourth-order valence-electron chi connectivity index (χ4n) is 2.32. The highest BCUT2D eigenvalue weighted by molar-refractivity contribution is 5.66.